The number of nitrogens with one attached hydrogen (secondary N) is 1. The SMILES string of the molecule is Cc1ccc(-n2[nH]c(C)c(/C=c3\c(C)c(C#N)c4nc5ccccc5n4c3=O)c2=O)cc1C. The first kappa shape index (κ1) is 20.5. The molecule has 2 aromatic carbocycles. The van der Waals surface area contributed by atoms with Gasteiger partial charge in [-0.05, 0) is 74.7 Å². The Morgan fingerprint density at radius 2 is 1.76 bits per heavy atom. The van der Waals surface area contributed by atoms with Gasteiger partial charge in [0, 0.05) is 10.9 Å². The maximum absolute atomic E-state index is 13.5. The van der Waals surface area contributed by atoms with E-state index in [4.69, 9.17) is 0 Å². The van der Waals surface area contributed by atoms with Crippen LogP contribution in [-0.4, -0.2) is 19.2 Å². The Hall–Kier alpha value is -4.44. The van der Waals surface area contributed by atoms with E-state index < -0.39 is 0 Å². The molecule has 33 heavy (non-hydrogen) atoms. The smallest absolute Gasteiger partial charge is 0.278 e. The molecule has 1 N–H and O–H groups in total. The van der Waals surface area contributed by atoms with E-state index in [1.54, 1.807) is 32.1 Å². The molecule has 3 heterocycles. The van der Waals surface area contributed by atoms with E-state index in [-0.39, 0.29) is 11.1 Å². The minimum atomic E-state index is -0.312. The second-order valence-corrected chi connectivity index (χ2v) is 8.29. The summed E-state index contributed by atoms with van der Waals surface area (Å²) in [6.45, 7) is 7.52. The van der Waals surface area contributed by atoms with E-state index in [0.29, 0.717) is 44.3 Å². The van der Waals surface area contributed by atoms with Crippen molar-refractivity contribution in [3.63, 3.8) is 0 Å². The van der Waals surface area contributed by atoms with Crippen molar-refractivity contribution in [3.8, 4) is 11.8 Å². The summed E-state index contributed by atoms with van der Waals surface area (Å²) in [5.41, 5.74) is 5.78. The van der Waals surface area contributed by atoms with Crippen LogP contribution in [0, 0.1) is 39.0 Å². The Bertz CT molecular complexity index is 1810. The first-order valence-corrected chi connectivity index (χ1v) is 10.6. The van der Waals surface area contributed by atoms with Gasteiger partial charge in [0.2, 0.25) is 0 Å². The Kier molecular flexibility index (Phi) is 4.53. The molecule has 0 atom stereocenters. The molecule has 0 aliphatic heterocycles. The first-order chi connectivity index (χ1) is 15.8. The third-order valence-electron chi connectivity index (χ3n) is 6.26. The quantitative estimate of drug-likeness (QED) is 0.461. The summed E-state index contributed by atoms with van der Waals surface area (Å²) in [5.74, 6) is 0. The van der Waals surface area contributed by atoms with Crippen molar-refractivity contribution in [2.75, 3.05) is 0 Å². The van der Waals surface area contributed by atoms with Gasteiger partial charge in [0.25, 0.3) is 11.1 Å². The topological polar surface area (TPSA) is 95.9 Å². The largest absolute Gasteiger partial charge is 0.295 e. The lowest BCUT2D eigenvalue weighted by Crippen LogP contribution is -2.34. The summed E-state index contributed by atoms with van der Waals surface area (Å²) >= 11 is 0. The number of benzene rings is 2. The molecule has 0 saturated heterocycles. The first-order valence-electron chi connectivity index (χ1n) is 10.6. The fourth-order valence-corrected chi connectivity index (χ4v) is 4.21. The molecule has 0 aliphatic rings. The van der Waals surface area contributed by atoms with Gasteiger partial charge < -0.3 is 0 Å². The van der Waals surface area contributed by atoms with Gasteiger partial charge in [0.15, 0.2) is 5.65 Å². The van der Waals surface area contributed by atoms with Crippen LogP contribution in [0.3, 0.4) is 0 Å². The second-order valence-electron chi connectivity index (χ2n) is 8.29. The van der Waals surface area contributed by atoms with E-state index in [1.807, 2.05) is 44.2 Å². The number of fused-ring (bicyclic) bond motifs is 3. The van der Waals surface area contributed by atoms with Gasteiger partial charge in [0.05, 0.1) is 27.8 Å². The molecule has 0 aliphatic carbocycles. The maximum atomic E-state index is 13.5. The number of nitriles is 1. The van der Waals surface area contributed by atoms with Gasteiger partial charge in [-0.25, -0.2) is 9.67 Å². The van der Waals surface area contributed by atoms with Gasteiger partial charge in [-0.1, -0.05) is 18.2 Å². The van der Waals surface area contributed by atoms with E-state index in [0.717, 1.165) is 16.8 Å². The molecule has 5 aromatic rings. The van der Waals surface area contributed by atoms with Gasteiger partial charge in [-0.15, -0.1) is 0 Å². The standard InChI is InChI=1S/C26H21N5O2/c1-14-9-10-18(11-15(14)2)31-26(33)20(17(4)29-31)12-19-16(3)21(13-27)24-28-22-7-5-6-8-23(22)30(24)25(19)32/h5-12,29H,1-4H3/b19-12+. The van der Waals surface area contributed by atoms with Crippen LogP contribution in [0.1, 0.15) is 33.5 Å². The average Bonchev–Trinajstić information content (AvgIpc) is 3.31. The predicted molar refractivity (Wildman–Crippen MR) is 128 cm³/mol. The molecular weight excluding hydrogens is 414 g/mol. The summed E-state index contributed by atoms with van der Waals surface area (Å²) in [6, 6.07) is 15.2. The number of para-hydroxylation sites is 2. The highest BCUT2D eigenvalue weighted by atomic mass is 16.1. The summed E-state index contributed by atoms with van der Waals surface area (Å²) < 4.78 is 2.93. The minimum Gasteiger partial charge on any atom is -0.295 e. The van der Waals surface area contributed by atoms with Crippen molar-refractivity contribution in [2.24, 2.45) is 0 Å². The zero-order valence-corrected chi connectivity index (χ0v) is 18.7. The molecular formula is C26H21N5O2. The van der Waals surface area contributed by atoms with Crippen molar-refractivity contribution in [2.45, 2.75) is 27.7 Å². The predicted octanol–water partition coefficient (Wildman–Crippen LogP) is 2.98. The van der Waals surface area contributed by atoms with E-state index >= 15 is 0 Å². The fraction of sp³-hybridized carbons (Fsp3) is 0.154. The average molecular weight is 435 g/mol. The summed E-state index contributed by atoms with van der Waals surface area (Å²) in [4.78, 5) is 31.4. The summed E-state index contributed by atoms with van der Waals surface area (Å²) in [6.07, 6.45) is 1.58. The molecule has 7 nitrogen and oxygen atoms in total. The van der Waals surface area contributed by atoms with Crippen LogP contribution < -0.4 is 16.3 Å². The molecule has 0 saturated carbocycles. The highest BCUT2D eigenvalue weighted by molar-refractivity contribution is 5.82. The molecule has 3 aromatic heterocycles. The molecule has 0 radical (unpaired) electrons. The van der Waals surface area contributed by atoms with Crippen LogP contribution in [0.4, 0.5) is 0 Å². The number of pyridine rings is 1. The van der Waals surface area contributed by atoms with E-state index in [1.165, 1.54) is 9.08 Å². The van der Waals surface area contributed by atoms with Crippen molar-refractivity contribution < 1.29 is 0 Å². The number of nitrogens with zero attached hydrogens (tertiary/aromatic N) is 4. The van der Waals surface area contributed by atoms with Crippen molar-refractivity contribution in [1.82, 2.24) is 19.2 Å². The Morgan fingerprint density at radius 3 is 2.48 bits per heavy atom. The third kappa shape index (κ3) is 2.99. The number of hydrogen-bond acceptors (Lipinski definition) is 4. The van der Waals surface area contributed by atoms with E-state index in [2.05, 4.69) is 16.2 Å². The Labute approximate surface area is 188 Å². The number of aromatic nitrogens is 4. The van der Waals surface area contributed by atoms with Gasteiger partial charge in [0.1, 0.15) is 6.07 Å². The molecule has 7 heteroatoms. The Balaban J connectivity index is 1.84. The molecule has 0 spiro atoms. The van der Waals surface area contributed by atoms with Crippen LogP contribution in [0.25, 0.3) is 28.4 Å². The number of hydrogen-bond donors (Lipinski definition) is 1. The number of aromatic amines is 1. The lowest BCUT2D eigenvalue weighted by atomic mass is 10.1. The molecule has 0 unspecified atom stereocenters. The lowest BCUT2D eigenvalue weighted by molar-refractivity contribution is 0.833. The molecule has 0 fully saturated rings. The molecule has 162 valence electrons. The lowest BCUT2D eigenvalue weighted by Gasteiger charge is -2.05. The summed E-state index contributed by atoms with van der Waals surface area (Å²) in [5, 5.41) is 13.3. The number of aryl methyl sites for hydroxylation is 3. The highest BCUT2D eigenvalue weighted by Crippen LogP contribution is 2.18. The zero-order valence-electron chi connectivity index (χ0n) is 18.7. The van der Waals surface area contributed by atoms with E-state index in [9.17, 15) is 14.9 Å². The molecule has 0 amide bonds. The van der Waals surface area contributed by atoms with Crippen molar-refractivity contribution in [3.05, 3.63) is 102 Å². The minimum absolute atomic E-state index is 0.261. The number of imidazole rings is 1. The fourth-order valence-electron chi connectivity index (χ4n) is 4.21. The third-order valence-corrected chi connectivity index (χ3v) is 6.26. The second kappa shape index (κ2) is 7.31. The molecule has 0 bridgehead atoms. The summed E-state index contributed by atoms with van der Waals surface area (Å²) in [7, 11) is 0. The van der Waals surface area contributed by atoms with Crippen LogP contribution in [-0.2, 0) is 0 Å². The maximum Gasteiger partial charge on any atom is 0.278 e. The van der Waals surface area contributed by atoms with Gasteiger partial charge >= 0.3 is 0 Å². The van der Waals surface area contributed by atoms with Crippen LogP contribution in [0.15, 0.2) is 52.1 Å². The van der Waals surface area contributed by atoms with Crippen LogP contribution in [0.2, 0.25) is 0 Å². The van der Waals surface area contributed by atoms with Gasteiger partial charge in [-0.3, -0.25) is 19.1 Å². The number of rotatable bonds is 2. The molecule has 5 rings (SSSR count). The van der Waals surface area contributed by atoms with Crippen LogP contribution in [0.5, 0.6) is 0 Å². The normalized spacial score (nSPS) is 12.0. The van der Waals surface area contributed by atoms with Gasteiger partial charge in [-0.2, -0.15) is 5.26 Å². The highest BCUT2D eigenvalue weighted by Gasteiger charge is 2.18. The van der Waals surface area contributed by atoms with Crippen molar-refractivity contribution >= 4 is 22.8 Å². The van der Waals surface area contributed by atoms with Crippen molar-refractivity contribution in [1.29, 1.82) is 5.26 Å². The zero-order chi connectivity index (χ0) is 23.4. The van der Waals surface area contributed by atoms with Crippen LogP contribution >= 0.6 is 0 Å². The number of H-pyrrole nitrogens is 1. The monoisotopic (exact) mass is 435 g/mol. The Morgan fingerprint density at radius 1 is 1.00 bits per heavy atom.